The standard InChI is InChI=1S/C9H10N4S/c10-7-8-9(12-2-1-11-8)13-3-5-14-6-4-13/h1-2H,3-6H2. The van der Waals surface area contributed by atoms with Crippen molar-refractivity contribution >= 4 is 17.6 Å². The van der Waals surface area contributed by atoms with Gasteiger partial charge in [-0.15, -0.1) is 0 Å². The third-order valence-corrected chi connectivity index (χ3v) is 3.04. The molecule has 0 saturated carbocycles. The Kier molecular flexibility index (Phi) is 2.84. The van der Waals surface area contributed by atoms with Gasteiger partial charge in [-0.2, -0.15) is 17.0 Å². The fourth-order valence-corrected chi connectivity index (χ4v) is 2.32. The second-order valence-electron chi connectivity index (χ2n) is 2.94. The van der Waals surface area contributed by atoms with E-state index in [0.29, 0.717) is 5.69 Å². The number of hydrogen-bond donors (Lipinski definition) is 0. The lowest BCUT2D eigenvalue weighted by Gasteiger charge is -2.27. The van der Waals surface area contributed by atoms with Crippen LogP contribution >= 0.6 is 11.8 Å². The van der Waals surface area contributed by atoms with Crippen LogP contribution in [0.15, 0.2) is 12.4 Å². The van der Waals surface area contributed by atoms with Crippen LogP contribution in [-0.4, -0.2) is 34.6 Å². The highest BCUT2D eigenvalue weighted by atomic mass is 32.2. The molecule has 0 amide bonds. The van der Waals surface area contributed by atoms with Gasteiger partial charge in [0.1, 0.15) is 6.07 Å². The zero-order valence-corrected chi connectivity index (χ0v) is 8.50. The lowest BCUT2D eigenvalue weighted by Crippen LogP contribution is -2.33. The predicted octanol–water partition coefficient (Wildman–Crippen LogP) is 0.901. The first-order chi connectivity index (χ1) is 6.92. The predicted molar refractivity (Wildman–Crippen MR) is 56.3 cm³/mol. The summed E-state index contributed by atoms with van der Waals surface area (Å²) in [6.07, 6.45) is 3.19. The molecule has 5 heteroatoms. The van der Waals surface area contributed by atoms with Crippen LogP contribution in [-0.2, 0) is 0 Å². The molecule has 0 spiro atoms. The lowest BCUT2D eigenvalue weighted by molar-refractivity contribution is 0.830. The summed E-state index contributed by atoms with van der Waals surface area (Å²) in [5.41, 5.74) is 0.430. The van der Waals surface area contributed by atoms with E-state index in [2.05, 4.69) is 20.9 Å². The number of nitrogens with zero attached hydrogens (tertiary/aromatic N) is 4. The van der Waals surface area contributed by atoms with E-state index >= 15 is 0 Å². The van der Waals surface area contributed by atoms with Gasteiger partial charge in [-0.25, -0.2) is 9.97 Å². The van der Waals surface area contributed by atoms with Crippen LogP contribution in [0.25, 0.3) is 0 Å². The Bertz CT molecular complexity index is 354. The number of nitriles is 1. The Morgan fingerprint density at radius 1 is 1.29 bits per heavy atom. The van der Waals surface area contributed by atoms with Crippen LogP contribution < -0.4 is 4.90 Å². The highest BCUT2D eigenvalue weighted by Gasteiger charge is 2.15. The molecule has 1 aromatic rings. The highest BCUT2D eigenvalue weighted by Crippen LogP contribution is 2.18. The van der Waals surface area contributed by atoms with Crippen molar-refractivity contribution in [1.29, 1.82) is 5.26 Å². The molecule has 0 radical (unpaired) electrons. The smallest absolute Gasteiger partial charge is 0.183 e. The molecule has 1 aliphatic rings. The van der Waals surface area contributed by atoms with Crippen LogP contribution in [0.3, 0.4) is 0 Å². The van der Waals surface area contributed by atoms with Crippen molar-refractivity contribution in [3.8, 4) is 6.07 Å². The van der Waals surface area contributed by atoms with Crippen LogP contribution in [0.5, 0.6) is 0 Å². The number of hydrogen-bond acceptors (Lipinski definition) is 5. The van der Waals surface area contributed by atoms with Crippen molar-refractivity contribution in [1.82, 2.24) is 9.97 Å². The Hall–Kier alpha value is -1.28. The number of anilines is 1. The maximum Gasteiger partial charge on any atom is 0.183 e. The molecule has 1 saturated heterocycles. The van der Waals surface area contributed by atoms with E-state index in [0.717, 1.165) is 30.4 Å². The van der Waals surface area contributed by atoms with Gasteiger partial charge in [0, 0.05) is 37.0 Å². The molecular weight excluding hydrogens is 196 g/mol. The fraction of sp³-hybridized carbons (Fsp3) is 0.444. The average Bonchev–Trinajstić information content (AvgIpc) is 2.30. The van der Waals surface area contributed by atoms with Crippen molar-refractivity contribution in [3.05, 3.63) is 18.1 Å². The van der Waals surface area contributed by atoms with Crippen LogP contribution in [0, 0.1) is 11.3 Å². The first-order valence-electron chi connectivity index (χ1n) is 4.45. The topological polar surface area (TPSA) is 52.8 Å². The lowest BCUT2D eigenvalue weighted by atomic mass is 10.4. The number of thioether (sulfide) groups is 1. The molecule has 0 atom stereocenters. The molecule has 0 aliphatic carbocycles. The SMILES string of the molecule is N#Cc1nccnc1N1CCSCC1. The van der Waals surface area contributed by atoms with Crippen molar-refractivity contribution in [3.63, 3.8) is 0 Å². The summed E-state index contributed by atoms with van der Waals surface area (Å²) in [4.78, 5) is 10.3. The van der Waals surface area contributed by atoms with Crippen molar-refractivity contribution < 1.29 is 0 Å². The zero-order valence-electron chi connectivity index (χ0n) is 7.68. The van der Waals surface area contributed by atoms with Gasteiger partial charge >= 0.3 is 0 Å². The summed E-state index contributed by atoms with van der Waals surface area (Å²) in [5, 5.41) is 8.86. The second-order valence-corrected chi connectivity index (χ2v) is 4.16. The third kappa shape index (κ3) is 1.80. The van der Waals surface area contributed by atoms with E-state index in [4.69, 9.17) is 5.26 Å². The Balaban J connectivity index is 2.26. The summed E-state index contributed by atoms with van der Waals surface area (Å²) < 4.78 is 0. The van der Waals surface area contributed by atoms with Crippen LogP contribution in [0.4, 0.5) is 5.82 Å². The summed E-state index contributed by atoms with van der Waals surface area (Å²) in [6.45, 7) is 1.91. The Labute approximate surface area is 87.0 Å². The maximum absolute atomic E-state index is 8.86. The molecule has 0 aromatic carbocycles. The van der Waals surface area contributed by atoms with Gasteiger partial charge < -0.3 is 4.90 Å². The second kappa shape index (κ2) is 4.29. The quantitative estimate of drug-likeness (QED) is 0.683. The molecule has 2 heterocycles. The van der Waals surface area contributed by atoms with E-state index in [9.17, 15) is 0 Å². The summed E-state index contributed by atoms with van der Waals surface area (Å²) in [7, 11) is 0. The van der Waals surface area contributed by atoms with Crippen LogP contribution in [0.1, 0.15) is 5.69 Å². The van der Waals surface area contributed by atoms with E-state index < -0.39 is 0 Å². The zero-order chi connectivity index (χ0) is 9.80. The minimum atomic E-state index is 0.430. The molecule has 0 bridgehead atoms. The number of rotatable bonds is 1. The molecule has 0 N–H and O–H groups in total. The molecule has 72 valence electrons. The van der Waals surface area contributed by atoms with Gasteiger partial charge in [-0.3, -0.25) is 0 Å². The highest BCUT2D eigenvalue weighted by molar-refractivity contribution is 7.99. The van der Waals surface area contributed by atoms with Gasteiger partial charge in [0.15, 0.2) is 11.5 Å². The third-order valence-electron chi connectivity index (χ3n) is 2.10. The summed E-state index contributed by atoms with van der Waals surface area (Å²) in [6, 6.07) is 2.07. The van der Waals surface area contributed by atoms with Gasteiger partial charge in [0.2, 0.25) is 0 Å². The van der Waals surface area contributed by atoms with Crippen molar-refractivity contribution in [2.45, 2.75) is 0 Å². The Morgan fingerprint density at radius 2 is 2.00 bits per heavy atom. The molecule has 2 rings (SSSR count). The van der Waals surface area contributed by atoms with Crippen molar-refractivity contribution in [2.24, 2.45) is 0 Å². The molecular formula is C9H10N4S. The maximum atomic E-state index is 8.86. The average molecular weight is 206 g/mol. The van der Waals surface area contributed by atoms with Gasteiger partial charge in [0.05, 0.1) is 0 Å². The first-order valence-corrected chi connectivity index (χ1v) is 5.61. The van der Waals surface area contributed by atoms with E-state index in [1.165, 1.54) is 0 Å². The van der Waals surface area contributed by atoms with E-state index in [1.54, 1.807) is 12.4 Å². The van der Waals surface area contributed by atoms with E-state index in [-0.39, 0.29) is 0 Å². The normalized spacial score (nSPS) is 16.4. The fourth-order valence-electron chi connectivity index (χ4n) is 1.42. The van der Waals surface area contributed by atoms with Crippen molar-refractivity contribution in [2.75, 3.05) is 29.5 Å². The monoisotopic (exact) mass is 206 g/mol. The summed E-state index contributed by atoms with van der Waals surface area (Å²) in [5.74, 6) is 2.93. The minimum Gasteiger partial charge on any atom is -0.353 e. The van der Waals surface area contributed by atoms with Crippen LogP contribution in [0.2, 0.25) is 0 Å². The number of aromatic nitrogens is 2. The minimum absolute atomic E-state index is 0.430. The molecule has 4 nitrogen and oxygen atoms in total. The Morgan fingerprint density at radius 3 is 2.71 bits per heavy atom. The van der Waals surface area contributed by atoms with Gasteiger partial charge in [0.25, 0.3) is 0 Å². The molecule has 1 fully saturated rings. The molecule has 1 aliphatic heterocycles. The molecule has 1 aromatic heterocycles. The van der Waals surface area contributed by atoms with E-state index in [1.807, 2.05) is 11.8 Å². The summed E-state index contributed by atoms with van der Waals surface area (Å²) >= 11 is 1.93. The largest absolute Gasteiger partial charge is 0.353 e. The van der Waals surface area contributed by atoms with Gasteiger partial charge in [-0.05, 0) is 0 Å². The molecule has 14 heavy (non-hydrogen) atoms. The molecule has 0 unspecified atom stereocenters. The van der Waals surface area contributed by atoms with Gasteiger partial charge in [-0.1, -0.05) is 0 Å². The first kappa shape index (κ1) is 9.28.